The van der Waals surface area contributed by atoms with Crippen LogP contribution in [-0.4, -0.2) is 43.2 Å². The summed E-state index contributed by atoms with van der Waals surface area (Å²) in [5.74, 6) is 0.430. The zero-order valence-electron chi connectivity index (χ0n) is 15.9. The Labute approximate surface area is 161 Å². The van der Waals surface area contributed by atoms with Gasteiger partial charge in [0.15, 0.2) is 0 Å². The van der Waals surface area contributed by atoms with Gasteiger partial charge in [-0.2, -0.15) is 0 Å². The normalized spacial score (nSPS) is 23.1. The summed E-state index contributed by atoms with van der Waals surface area (Å²) in [6, 6.07) is 19.9. The second kappa shape index (κ2) is 8.24. The van der Waals surface area contributed by atoms with Gasteiger partial charge in [0, 0.05) is 24.5 Å². The Bertz CT molecular complexity index is 752. The first-order valence-electron chi connectivity index (χ1n) is 9.93. The van der Waals surface area contributed by atoms with Gasteiger partial charge in [-0.25, -0.2) is 4.79 Å². The summed E-state index contributed by atoms with van der Waals surface area (Å²) >= 11 is 0. The minimum absolute atomic E-state index is 0.276. The van der Waals surface area contributed by atoms with E-state index in [0.29, 0.717) is 23.6 Å². The first-order chi connectivity index (χ1) is 13.2. The molecule has 0 amide bonds. The van der Waals surface area contributed by atoms with Crippen LogP contribution in [0.15, 0.2) is 54.6 Å². The second-order valence-electron chi connectivity index (χ2n) is 7.76. The van der Waals surface area contributed by atoms with Crippen molar-refractivity contribution in [2.45, 2.75) is 43.8 Å². The van der Waals surface area contributed by atoms with Crippen LogP contribution in [-0.2, 0) is 11.3 Å². The van der Waals surface area contributed by atoms with Crippen LogP contribution >= 0.6 is 0 Å². The molecule has 1 N–H and O–H groups in total. The molecular formula is C23H28N2O2. The summed E-state index contributed by atoms with van der Waals surface area (Å²) in [5.41, 5.74) is 3.34. The molecule has 1 aliphatic carbocycles. The maximum absolute atomic E-state index is 11.5. The molecule has 2 fully saturated rings. The highest BCUT2D eigenvalue weighted by atomic mass is 16.5. The third-order valence-corrected chi connectivity index (χ3v) is 5.84. The molecule has 2 aromatic carbocycles. The summed E-state index contributed by atoms with van der Waals surface area (Å²) in [6.07, 6.45) is 3.69. The molecule has 0 spiro atoms. The van der Waals surface area contributed by atoms with Crippen LogP contribution in [0.3, 0.4) is 0 Å². The molecule has 4 rings (SSSR count). The van der Waals surface area contributed by atoms with Gasteiger partial charge in [0.25, 0.3) is 0 Å². The lowest BCUT2D eigenvalue weighted by Gasteiger charge is -2.32. The molecule has 2 aromatic rings. The lowest BCUT2D eigenvalue weighted by molar-refractivity contribution is 0.0600. The maximum atomic E-state index is 11.5. The third-order valence-electron chi connectivity index (χ3n) is 5.84. The van der Waals surface area contributed by atoms with Crippen molar-refractivity contribution in [3.8, 4) is 0 Å². The van der Waals surface area contributed by atoms with E-state index in [0.717, 1.165) is 19.6 Å². The SMILES string of the molecule is COC(=O)c1ccc(CN2CCC(NC3CC3c3ccccc3)CC2)cc1. The number of carbonyl (C=O) groups excluding carboxylic acids is 1. The fourth-order valence-corrected chi connectivity index (χ4v) is 4.13. The number of hydrogen-bond acceptors (Lipinski definition) is 4. The molecule has 142 valence electrons. The molecular weight excluding hydrogens is 336 g/mol. The summed E-state index contributed by atoms with van der Waals surface area (Å²) in [4.78, 5) is 14.0. The number of likely N-dealkylation sites (tertiary alicyclic amines) is 1. The van der Waals surface area contributed by atoms with E-state index in [2.05, 4.69) is 40.5 Å². The van der Waals surface area contributed by atoms with E-state index in [9.17, 15) is 4.79 Å². The van der Waals surface area contributed by atoms with Crippen LogP contribution in [0.1, 0.15) is 46.7 Å². The Morgan fingerprint density at radius 1 is 1.07 bits per heavy atom. The lowest BCUT2D eigenvalue weighted by Crippen LogP contribution is -2.43. The van der Waals surface area contributed by atoms with Crippen LogP contribution in [0.25, 0.3) is 0 Å². The van der Waals surface area contributed by atoms with Crippen molar-refractivity contribution in [3.63, 3.8) is 0 Å². The number of nitrogens with zero attached hydrogens (tertiary/aromatic N) is 1. The standard InChI is InChI=1S/C23H28N2O2/c1-27-23(26)19-9-7-17(8-10-19)16-25-13-11-20(12-14-25)24-22-15-21(22)18-5-3-2-4-6-18/h2-10,20-22,24H,11-16H2,1H3. The fourth-order valence-electron chi connectivity index (χ4n) is 4.13. The second-order valence-corrected chi connectivity index (χ2v) is 7.76. The molecule has 4 nitrogen and oxygen atoms in total. The summed E-state index contributed by atoms with van der Waals surface area (Å²) in [7, 11) is 1.41. The number of nitrogens with one attached hydrogen (secondary N) is 1. The molecule has 4 heteroatoms. The lowest BCUT2D eigenvalue weighted by atomic mass is 10.0. The molecule has 27 heavy (non-hydrogen) atoms. The van der Waals surface area contributed by atoms with E-state index in [1.54, 1.807) is 0 Å². The molecule has 0 aromatic heterocycles. The number of methoxy groups -OCH3 is 1. The number of esters is 1. The summed E-state index contributed by atoms with van der Waals surface area (Å²) in [6.45, 7) is 3.20. The van der Waals surface area contributed by atoms with Gasteiger partial charge >= 0.3 is 5.97 Å². The van der Waals surface area contributed by atoms with Crippen LogP contribution in [0.5, 0.6) is 0 Å². The fraction of sp³-hybridized carbons (Fsp3) is 0.435. The largest absolute Gasteiger partial charge is 0.465 e. The highest BCUT2D eigenvalue weighted by molar-refractivity contribution is 5.89. The predicted molar refractivity (Wildman–Crippen MR) is 107 cm³/mol. The van der Waals surface area contributed by atoms with Crippen molar-refractivity contribution in [3.05, 3.63) is 71.3 Å². The number of carbonyl (C=O) groups is 1. The summed E-state index contributed by atoms with van der Waals surface area (Å²) < 4.78 is 4.75. The molecule has 2 atom stereocenters. The molecule has 1 saturated carbocycles. The van der Waals surface area contributed by atoms with Gasteiger partial charge in [0.2, 0.25) is 0 Å². The van der Waals surface area contributed by atoms with E-state index >= 15 is 0 Å². The highest BCUT2D eigenvalue weighted by Crippen LogP contribution is 2.41. The quantitative estimate of drug-likeness (QED) is 0.796. The smallest absolute Gasteiger partial charge is 0.337 e. The van der Waals surface area contributed by atoms with E-state index < -0.39 is 0 Å². The van der Waals surface area contributed by atoms with E-state index in [1.165, 1.54) is 37.5 Å². The number of ether oxygens (including phenoxy) is 1. The Morgan fingerprint density at radius 3 is 2.44 bits per heavy atom. The van der Waals surface area contributed by atoms with Crippen LogP contribution in [0, 0.1) is 0 Å². The number of benzene rings is 2. The first-order valence-corrected chi connectivity index (χ1v) is 9.93. The molecule has 1 heterocycles. The number of hydrogen-bond donors (Lipinski definition) is 1. The van der Waals surface area contributed by atoms with Gasteiger partial charge in [0.05, 0.1) is 12.7 Å². The minimum atomic E-state index is -0.276. The van der Waals surface area contributed by atoms with Gasteiger partial charge in [-0.3, -0.25) is 4.90 Å². The average Bonchev–Trinajstić information content (AvgIpc) is 3.49. The molecule has 0 radical (unpaired) electrons. The molecule has 0 bridgehead atoms. The third kappa shape index (κ3) is 4.57. The van der Waals surface area contributed by atoms with Crippen molar-refractivity contribution >= 4 is 5.97 Å². The van der Waals surface area contributed by atoms with E-state index in [-0.39, 0.29) is 5.97 Å². The van der Waals surface area contributed by atoms with Crippen molar-refractivity contribution < 1.29 is 9.53 Å². The van der Waals surface area contributed by atoms with Crippen LogP contribution in [0.4, 0.5) is 0 Å². The van der Waals surface area contributed by atoms with Crippen LogP contribution in [0.2, 0.25) is 0 Å². The van der Waals surface area contributed by atoms with Crippen molar-refractivity contribution in [1.29, 1.82) is 0 Å². The van der Waals surface area contributed by atoms with Crippen LogP contribution < -0.4 is 5.32 Å². The first kappa shape index (κ1) is 18.2. The zero-order chi connectivity index (χ0) is 18.6. The maximum Gasteiger partial charge on any atom is 0.337 e. The molecule has 1 saturated heterocycles. The molecule has 2 aliphatic rings. The Hall–Kier alpha value is -2.17. The monoisotopic (exact) mass is 364 g/mol. The van der Waals surface area contributed by atoms with Gasteiger partial charge in [-0.05, 0) is 55.6 Å². The summed E-state index contributed by atoms with van der Waals surface area (Å²) in [5, 5.41) is 3.87. The van der Waals surface area contributed by atoms with E-state index in [1.807, 2.05) is 24.3 Å². The Morgan fingerprint density at radius 2 is 1.78 bits per heavy atom. The minimum Gasteiger partial charge on any atom is -0.465 e. The zero-order valence-corrected chi connectivity index (χ0v) is 15.9. The van der Waals surface area contributed by atoms with Gasteiger partial charge in [-0.1, -0.05) is 42.5 Å². The molecule has 1 aliphatic heterocycles. The van der Waals surface area contributed by atoms with Gasteiger partial charge in [0.1, 0.15) is 0 Å². The number of piperidine rings is 1. The Balaban J connectivity index is 1.21. The van der Waals surface area contributed by atoms with E-state index in [4.69, 9.17) is 4.74 Å². The van der Waals surface area contributed by atoms with Gasteiger partial charge in [-0.15, -0.1) is 0 Å². The van der Waals surface area contributed by atoms with Crippen molar-refractivity contribution in [2.75, 3.05) is 20.2 Å². The Kier molecular flexibility index (Phi) is 5.55. The van der Waals surface area contributed by atoms with Crippen molar-refractivity contribution in [2.24, 2.45) is 0 Å². The van der Waals surface area contributed by atoms with Crippen molar-refractivity contribution in [1.82, 2.24) is 10.2 Å². The number of rotatable bonds is 6. The highest BCUT2D eigenvalue weighted by Gasteiger charge is 2.39. The van der Waals surface area contributed by atoms with Gasteiger partial charge < -0.3 is 10.1 Å². The molecule has 2 unspecified atom stereocenters. The topological polar surface area (TPSA) is 41.6 Å². The average molecular weight is 364 g/mol. The predicted octanol–water partition coefficient (Wildman–Crippen LogP) is 3.58.